The molecule has 5 unspecified atom stereocenters. The Morgan fingerprint density at radius 3 is 1.90 bits per heavy atom. The molecule has 0 heterocycles. The SMILES string of the molecule is C=C(C)C(=O)OCCNC(=O)OCCC(O)COC(CO)COCCC[Si](C)(OC)O[Si](C)(CCCOCC(O)CO)O[Si](C)(C)O[Si](C)(C)C. The fraction of sp³-hybridized carbons (Fsp3) is 0.871. The van der Waals surface area contributed by atoms with Gasteiger partial charge >= 0.3 is 37.7 Å². The van der Waals surface area contributed by atoms with Crippen molar-refractivity contribution in [1.82, 2.24) is 5.32 Å². The van der Waals surface area contributed by atoms with E-state index in [0.29, 0.717) is 38.1 Å². The topological polar surface area (TPSA) is 210 Å². The van der Waals surface area contributed by atoms with Crippen molar-refractivity contribution in [3.05, 3.63) is 12.2 Å². The summed E-state index contributed by atoms with van der Waals surface area (Å²) < 4.78 is 52.8. The lowest BCUT2D eigenvalue weighted by molar-refractivity contribution is -0.138. The number of alkyl carbamates (subject to hydrolysis) is 1. The maximum Gasteiger partial charge on any atom is 0.407 e. The van der Waals surface area contributed by atoms with E-state index in [1.165, 1.54) is 6.92 Å². The number of aliphatic hydroxyl groups excluding tert-OH is 4. The Morgan fingerprint density at radius 1 is 0.745 bits per heavy atom. The van der Waals surface area contributed by atoms with Crippen LogP contribution < -0.4 is 5.32 Å². The van der Waals surface area contributed by atoms with Gasteiger partial charge in [-0.1, -0.05) is 6.58 Å². The number of carbonyl (C=O) groups is 2. The lowest BCUT2D eigenvalue weighted by atomic mass is 10.3. The van der Waals surface area contributed by atoms with Gasteiger partial charge in [-0.15, -0.1) is 0 Å². The molecule has 0 aliphatic heterocycles. The van der Waals surface area contributed by atoms with Crippen LogP contribution in [-0.4, -0.2) is 158 Å². The van der Waals surface area contributed by atoms with Gasteiger partial charge < -0.3 is 66.2 Å². The van der Waals surface area contributed by atoms with Crippen LogP contribution in [0.25, 0.3) is 0 Å². The van der Waals surface area contributed by atoms with Crippen molar-refractivity contribution in [3.8, 4) is 0 Å². The van der Waals surface area contributed by atoms with Crippen LogP contribution in [0.4, 0.5) is 4.79 Å². The minimum absolute atomic E-state index is 0.0226. The molecule has 5 N–H and O–H groups in total. The summed E-state index contributed by atoms with van der Waals surface area (Å²) in [5.41, 5.74) is 0.260. The molecule has 0 radical (unpaired) electrons. The standard InChI is InChI=1S/C31H67NO15Si4/c1-26(2)30(37)42-18-14-32-31(38)43-17-13-27(35)24-44-29(22-34)25-41-16-11-19-50(9,39-3)47-51(10,20-12-15-40-23-28(36)21-33)46-49(7,8)45-48(4,5)6/h27-29,33-36H,1,11-25H2,2-10H3,(H,32,38). The minimum Gasteiger partial charge on any atom is -0.460 e. The van der Waals surface area contributed by atoms with Gasteiger partial charge in [0.2, 0.25) is 0 Å². The summed E-state index contributed by atoms with van der Waals surface area (Å²) in [4.78, 5) is 23.1. The Morgan fingerprint density at radius 2 is 1.35 bits per heavy atom. The first-order chi connectivity index (χ1) is 23.7. The Hall–Kier alpha value is -1.09. The molecule has 1 amide bonds. The van der Waals surface area contributed by atoms with Gasteiger partial charge in [-0.25, -0.2) is 9.59 Å². The maximum absolute atomic E-state index is 11.7. The Bertz CT molecular complexity index is 993. The predicted octanol–water partition coefficient (Wildman–Crippen LogP) is 2.50. The third-order valence-electron chi connectivity index (χ3n) is 6.91. The summed E-state index contributed by atoms with van der Waals surface area (Å²) in [6.07, 6.45) is -1.82. The largest absolute Gasteiger partial charge is 0.460 e. The maximum atomic E-state index is 11.7. The summed E-state index contributed by atoms with van der Waals surface area (Å²) in [7, 11) is -8.34. The first kappa shape index (κ1) is 49.9. The second-order valence-electron chi connectivity index (χ2n) is 14.0. The van der Waals surface area contributed by atoms with Crippen LogP contribution >= 0.6 is 0 Å². The number of nitrogens with one attached hydrogen (secondary N) is 1. The molecular weight excluding hydrogens is 739 g/mol. The highest BCUT2D eigenvalue weighted by Crippen LogP contribution is 2.30. The van der Waals surface area contributed by atoms with Gasteiger partial charge in [0, 0.05) is 32.3 Å². The molecule has 20 heteroatoms. The molecule has 302 valence electrons. The van der Waals surface area contributed by atoms with E-state index in [1.807, 2.05) is 26.2 Å². The lowest BCUT2D eigenvalue weighted by Gasteiger charge is -2.42. The molecule has 0 saturated carbocycles. The van der Waals surface area contributed by atoms with Crippen LogP contribution in [0.3, 0.4) is 0 Å². The van der Waals surface area contributed by atoms with Gasteiger partial charge in [-0.2, -0.15) is 0 Å². The van der Waals surface area contributed by atoms with Crippen molar-refractivity contribution in [3.63, 3.8) is 0 Å². The molecule has 16 nitrogen and oxygen atoms in total. The summed E-state index contributed by atoms with van der Waals surface area (Å²) in [6.45, 7) is 19.6. The monoisotopic (exact) mass is 805 g/mol. The quantitative estimate of drug-likeness (QED) is 0.0295. The third-order valence-corrected chi connectivity index (χ3v) is 21.9. The van der Waals surface area contributed by atoms with E-state index in [2.05, 4.69) is 31.5 Å². The van der Waals surface area contributed by atoms with Crippen LogP contribution in [0.2, 0.25) is 57.9 Å². The predicted molar refractivity (Wildman–Crippen MR) is 200 cm³/mol. The van der Waals surface area contributed by atoms with E-state index in [-0.39, 0.29) is 64.8 Å². The Labute approximate surface area is 308 Å². The van der Waals surface area contributed by atoms with Crippen molar-refractivity contribution in [1.29, 1.82) is 0 Å². The molecule has 0 saturated heterocycles. The number of carbonyl (C=O) groups excluding carboxylic acids is 2. The second kappa shape index (κ2) is 25.8. The minimum atomic E-state index is -2.84. The zero-order valence-electron chi connectivity index (χ0n) is 32.3. The average molecular weight is 806 g/mol. The summed E-state index contributed by atoms with van der Waals surface area (Å²) in [5, 5.41) is 41.0. The molecule has 0 bridgehead atoms. The van der Waals surface area contributed by atoms with Crippen molar-refractivity contribution in [2.75, 3.05) is 73.1 Å². The highest BCUT2D eigenvalue weighted by molar-refractivity contribution is 6.88. The molecule has 0 aromatic rings. The van der Waals surface area contributed by atoms with Crippen molar-refractivity contribution in [2.24, 2.45) is 0 Å². The van der Waals surface area contributed by atoms with Gasteiger partial charge in [0.1, 0.15) is 18.8 Å². The number of amides is 1. The summed E-state index contributed by atoms with van der Waals surface area (Å²) >= 11 is 0. The first-order valence-electron chi connectivity index (χ1n) is 17.4. The molecular formula is C31H67NO15Si4. The molecule has 0 spiro atoms. The fourth-order valence-corrected chi connectivity index (χ4v) is 22.9. The molecule has 0 aromatic heterocycles. The van der Waals surface area contributed by atoms with Gasteiger partial charge in [0.15, 0.2) is 8.32 Å². The molecule has 0 rings (SSSR count). The average Bonchev–Trinajstić information content (AvgIpc) is 3.02. The lowest BCUT2D eigenvalue weighted by Crippen LogP contribution is -2.58. The van der Waals surface area contributed by atoms with E-state index in [1.54, 1.807) is 7.11 Å². The Kier molecular flexibility index (Phi) is 25.3. The van der Waals surface area contributed by atoms with Gasteiger partial charge in [-0.05, 0) is 77.7 Å². The highest BCUT2D eigenvalue weighted by atomic mass is 28.5. The second-order valence-corrected chi connectivity index (χ2v) is 29.5. The van der Waals surface area contributed by atoms with E-state index in [4.69, 9.17) is 45.6 Å². The van der Waals surface area contributed by atoms with Gasteiger partial charge in [-0.3, -0.25) is 0 Å². The number of aliphatic hydroxyl groups is 4. The number of hydrogen-bond acceptors (Lipinski definition) is 15. The number of hydrogen-bond donors (Lipinski definition) is 5. The van der Waals surface area contributed by atoms with Crippen LogP contribution in [-0.2, 0) is 45.3 Å². The molecule has 5 atom stereocenters. The zero-order valence-corrected chi connectivity index (χ0v) is 36.3. The van der Waals surface area contributed by atoms with Gasteiger partial charge in [0.25, 0.3) is 0 Å². The van der Waals surface area contributed by atoms with Crippen LogP contribution in [0.1, 0.15) is 26.2 Å². The summed E-state index contributed by atoms with van der Waals surface area (Å²) in [5.74, 6) is -0.547. The van der Waals surface area contributed by atoms with Crippen molar-refractivity contribution < 1.29 is 70.5 Å². The molecule has 0 aliphatic carbocycles. The highest BCUT2D eigenvalue weighted by Gasteiger charge is 2.47. The first-order valence-corrected chi connectivity index (χ1v) is 28.7. The summed E-state index contributed by atoms with van der Waals surface area (Å²) in [6, 6.07) is 1.26. The number of ether oxygens (including phenoxy) is 5. The van der Waals surface area contributed by atoms with E-state index < -0.39 is 64.4 Å². The number of esters is 1. The van der Waals surface area contributed by atoms with Crippen LogP contribution in [0, 0.1) is 0 Å². The van der Waals surface area contributed by atoms with Crippen LogP contribution in [0.15, 0.2) is 12.2 Å². The van der Waals surface area contributed by atoms with Gasteiger partial charge in [0.05, 0.1) is 52.3 Å². The smallest absolute Gasteiger partial charge is 0.407 e. The van der Waals surface area contributed by atoms with E-state index in [9.17, 15) is 24.9 Å². The zero-order chi connectivity index (χ0) is 39.1. The van der Waals surface area contributed by atoms with Crippen molar-refractivity contribution >= 4 is 46.1 Å². The molecule has 0 aliphatic rings. The fourth-order valence-electron chi connectivity index (χ4n) is 4.77. The van der Waals surface area contributed by atoms with Crippen molar-refractivity contribution in [2.45, 2.75) is 102 Å². The normalized spacial score (nSPS) is 16.4. The molecule has 51 heavy (non-hydrogen) atoms. The number of rotatable bonds is 31. The Balaban J connectivity index is 4.77. The van der Waals surface area contributed by atoms with E-state index >= 15 is 0 Å². The van der Waals surface area contributed by atoms with E-state index in [0.717, 1.165) is 0 Å². The third kappa shape index (κ3) is 26.3. The molecule has 0 fully saturated rings. The molecule has 0 aromatic carbocycles. The van der Waals surface area contributed by atoms with Crippen LogP contribution in [0.5, 0.6) is 0 Å².